The molecular weight excluding hydrogens is 532 g/mol. The van der Waals surface area contributed by atoms with Crippen molar-refractivity contribution in [2.75, 3.05) is 44.6 Å². The number of nitrogens with zero attached hydrogens (tertiary/aromatic N) is 5. The fourth-order valence-corrected chi connectivity index (χ4v) is 5.17. The largest absolute Gasteiger partial charge is 0.435 e. The molecule has 12 heteroatoms. The highest BCUT2D eigenvalue weighted by atomic mass is 19.3. The zero-order chi connectivity index (χ0) is 28.5. The van der Waals surface area contributed by atoms with E-state index < -0.39 is 6.61 Å². The molecule has 2 fully saturated rings. The van der Waals surface area contributed by atoms with Gasteiger partial charge in [-0.15, -0.1) is 0 Å². The van der Waals surface area contributed by atoms with Crippen molar-refractivity contribution in [1.29, 1.82) is 0 Å². The van der Waals surface area contributed by atoms with Gasteiger partial charge in [-0.3, -0.25) is 14.0 Å². The first kappa shape index (κ1) is 26.6. The van der Waals surface area contributed by atoms with Crippen molar-refractivity contribution in [3.63, 3.8) is 0 Å². The van der Waals surface area contributed by atoms with Gasteiger partial charge in [0.2, 0.25) is 5.91 Å². The molecule has 0 spiro atoms. The van der Waals surface area contributed by atoms with Gasteiger partial charge in [-0.1, -0.05) is 0 Å². The zero-order valence-corrected chi connectivity index (χ0v) is 22.4. The van der Waals surface area contributed by atoms with Crippen LogP contribution >= 0.6 is 0 Å². The number of hydrogen-bond acceptors (Lipinski definition) is 7. The van der Waals surface area contributed by atoms with Gasteiger partial charge in [-0.2, -0.15) is 8.78 Å². The molecule has 2 N–H and O–H groups in total. The molecule has 2 saturated heterocycles. The lowest BCUT2D eigenvalue weighted by atomic mass is 10.0. The molecule has 0 bridgehead atoms. The Bertz CT molecular complexity index is 1580. The lowest BCUT2D eigenvalue weighted by molar-refractivity contribution is -0.138. The number of nitrogens with one attached hydrogen (secondary N) is 2. The van der Waals surface area contributed by atoms with Gasteiger partial charge in [0, 0.05) is 68.5 Å². The van der Waals surface area contributed by atoms with E-state index in [9.17, 15) is 18.4 Å². The maximum absolute atomic E-state index is 13.3. The predicted molar refractivity (Wildman–Crippen MR) is 148 cm³/mol. The van der Waals surface area contributed by atoms with E-state index in [0.29, 0.717) is 43.2 Å². The first-order valence-electron chi connectivity index (χ1n) is 13.4. The van der Waals surface area contributed by atoms with Crippen LogP contribution in [0.2, 0.25) is 0 Å². The SMILES string of the molecule is Cc1cc(Nc2nccn3c(-c4ccc(OC(F)F)cc4)cnc23)ccc1C(=O)N1CCN(C(=O)C2CNC2)CC1. The number of hydrogen-bond donors (Lipinski definition) is 2. The van der Waals surface area contributed by atoms with Crippen LogP contribution in [0, 0.1) is 12.8 Å². The summed E-state index contributed by atoms with van der Waals surface area (Å²) in [5.74, 6) is 0.799. The first-order valence-corrected chi connectivity index (χ1v) is 13.4. The number of piperazine rings is 1. The molecule has 212 valence electrons. The van der Waals surface area contributed by atoms with Gasteiger partial charge in [0.1, 0.15) is 5.75 Å². The second kappa shape index (κ2) is 11.1. The van der Waals surface area contributed by atoms with E-state index in [1.165, 1.54) is 12.1 Å². The van der Waals surface area contributed by atoms with Gasteiger partial charge in [-0.25, -0.2) is 9.97 Å². The van der Waals surface area contributed by atoms with Crippen LogP contribution in [0.4, 0.5) is 20.3 Å². The van der Waals surface area contributed by atoms with Crippen LogP contribution in [-0.2, 0) is 4.79 Å². The number of aryl methyl sites for hydroxylation is 1. The number of rotatable bonds is 7. The number of aromatic nitrogens is 3. The molecule has 0 atom stereocenters. The normalized spacial score (nSPS) is 15.7. The van der Waals surface area contributed by atoms with Gasteiger partial charge < -0.3 is 25.2 Å². The Morgan fingerprint density at radius 3 is 2.41 bits per heavy atom. The summed E-state index contributed by atoms with van der Waals surface area (Å²) in [6, 6.07) is 11.9. The smallest absolute Gasteiger partial charge is 0.387 e. The molecule has 6 rings (SSSR count). The minimum Gasteiger partial charge on any atom is -0.435 e. The van der Waals surface area contributed by atoms with E-state index in [-0.39, 0.29) is 23.5 Å². The van der Waals surface area contributed by atoms with Crippen molar-refractivity contribution in [2.45, 2.75) is 13.5 Å². The topological polar surface area (TPSA) is 104 Å². The van der Waals surface area contributed by atoms with Crippen molar-refractivity contribution in [3.8, 4) is 17.0 Å². The van der Waals surface area contributed by atoms with E-state index in [0.717, 1.165) is 35.6 Å². The molecule has 4 aromatic rings. The summed E-state index contributed by atoms with van der Waals surface area (Å²) in [7, 11) is 0. The highest BCUT2D eigenvalue weighted by molar-refractivity contribution is 5.96. The highest BCUT2D eigenvalue weighted by Gasteiger charge is 2.32. The number of imidazole rings is 1. The Labute approximate surface area is 234 Å². The predicted octanol–water partition coefficient (Wildman–Crippen LogP) is 3.55. The summed E-state index contributed by atoms with van der Waals surface area (Å²) in [4.78, 5) is 38.4. The van der Waals surface area contributed by atoms with Gasteiger partial charge in [0.25, 0.3) is 5.91 Å². The number of halogens is 2. The second-order valence-electron chi connectivity index (χ2n) is 10.1. The van der Waals surface area contributed by atoms with E-state index in [1.807, 2.05) is 28.4 Å². The van der Waals surface area contributed by atoms with Crippen molar-refractivity contribution in [1.82, 2.24) is 29.5 Å². The standard InChI is InChI=1S/C29H29F2N7O3/c1-18-14-21(4-7-23(18)28(40)37-12-10-36(11-13-37)27(39)20-15-32-16-20)35-25-26-34-17-24(38(26)9-8-33-25)19-2-5-22(6-3-19)41-29(30)31/h2-9,14,17,20,29,32H,10-13,15-16H2,1H3,(H,33,35). The molecule has 10 nitrogen and oxygen atoms in total. The summed E-state index contributed by atoms with van der Waals surface area (Å²) >= 11 is 0. The second-order valence-corrected chi connectivity index (χ2v) is 10.1. The average Bonchev–Trinajstić information content (AvgIpc) is 3.37. The lowest BCUT2D eigenvalue weighted by Gasteiger charge is -2.38. The minimum atomic E-state index is -2.88. The third-order valence-corrected chi connectivity index (χ3v) is 7.53. The molecule has 2 aliphatic rings. The summed E-state index contributed by atoms with van der Waals surface area (Å²) in [5, 5.41) is 6.43. The van der Waals surface area contributed by atoms with Crippen LogP contribution < -0.4 is 15.4 Å². The van der Waals surface area contributed by atoms with Gasteiger partial charge in [0.15, 0.2) is 11.5 Å². The lowest BCUT2D eigenvalue weighted by Crippen LogP contribution is -2.57. The number of benzene rings is 2. The molecule has 2 aromatic carbocycles. The molecule has 4 heterocycles. The molecular formula is C29H29F2N7O3. The highest BCUT2D eigenvalue weighted by Crippen LogP contribution is 2.28. The fourth-order valence-electron chi connectivity index (χ4n) is 5.17. The monoisotopic (exact) mass is 561 g/mol. The third-order valence-electron chi connectivity index (χ3n) is 7.53. The number of carbonyl (C=O) groups is 2. The van der Waals surface area contributed by atoms with Crippen molar-refractivity contribution in [3.05, 3.63) is 72.2 Å². The molecule has 2 amide bonds. The maximum atomic E-state index is 13.3. The van der Waals surface area contributed by atoms with E-state index in [4.69, 9.17) is 0 Å². The molecule has 0 unspecified atom stereocenters. The van der Waals surface area contributed by atoms with Crippen LogP contribution in [0.25, 0.3) is 16.9 Å². The summed E-state index contributed by atoms with van der Waals surface area (Å²) in [6.07, 6.45) is 5.11. The Morgan fingerprint density at radius 1 is 1.02 bits per heavy atom. The van der Waals surface area contributed by atoms with Crippen molar-refractivity contribution >= 4 is 29.0 Å². The molecule has 2 aromatic heterocycles. The van der Waals surface area contributed by atoms with Gasteiger partial charge in [-0.05, 0) is 55.0 Å². The van der Waals surface area contributed by atoms with Crippen LogP contribution in [0.15, 0.2) is 61.1 Å². The third kappa shape index (κ3) is 5.42. The Hall–Kier alpha value is -4.58. The Morgan fingerprint density at radius 2 is 1.76 bits per heavy atom. The maximum Gasteiger partial charge on any atom is 0.387 e. The number of alkyl halides is 2. The van der Waals surface area contributed by atoms with Crippen LogP contribution in [0.1, 0.15) is 15.9 Å². The number of fused-ring (bicyclic) bond motifs is 1. The van der Waals surface area contributed by atoms with Gasteiger partial charge in [0.05, 0.1) is 17.8 Å². The first-order chi connectivity index (χ1) is 19.9. The summed E-state index contributed by atoms with van der Waals surface area (Å²) in [5.41, 5.74) is 4.31. The average molecular weight is 562 g/mol. The van der Waals surface area contributed by atoms with Crippen molar-refractivity contribution in [2.24, 2.45) is 5.92 Å². The molecule has 41 heavy (non-hydrogen) atoms. The quantitative estimate of drug-likeness (QED) is 0.356. The van der Waals surface area contributed by atoms with Crippen LogP contribution in [0.5, 0.6) is 5.75 Å². The van der Waals surface area contributed by atoms with Gasteiger partial charge >= 0.3 is 6.61 Å². The zero-order valence-electron chi connectivity index (χ0n) is 22.4. The Kier molecular flexibility index (Phi) is 7.23. The summed E-state index contributed by atoms with van der Waals surface area (Å²) in [6.45, 7) is 2.61. The molecule has 0 radical (unpaired) electrons. The molecule has 2 aliphatic heterocycles. The van der Waals surface area contributed by atoms with Crippen LogP contribution in [0.3, 0.4) is 0 Å². The molecule has 0 saturated carbocycles. The van der Waals surface area contributed by atoms with Crippen molar-refractivity contribution < 1.29 is 23.1 Å². The number of carbonyl (C=O) groups excluding carboxylic acids is 2. The van der Waals surface area contributed by atoms with E-state index in [1.54, 1.807) is 41.7 Å². The van der Waals surface area contributed by atoms with Crippen LogP contribution in [-0.4, -0.2) is 81.9 Å². The number of ether oxygens (including phenoxy) is 1. The number of amides is 2. The number of anilines is 2. The minimum absolute atomic E-state index is 0.0467. The van der Waals surface area contributed by atoms with E-state index >= 15 is 0 Å². The van der Waals surface area contributed by atoms with E-state index in [2.05, 4.69) is 25.3 Å². The fraction of sp³-hybridized carbons (Fsp3) is 0.310. The Balaban J connectivity index is 1.14. The molecule has 0 aliphatic carbocycles. The summed E-state index contributed by atoms with van der Waals surface area (Å²) < 4.78 is 31.3.